The molecule has 0 saturated heterocycles. The summed E-state index contributed by atoms with van der Waals surface area (Å²) in [5.41, 5.74) is 1.54. The Bertz CT molecular complexity index is 931. The summed E-state index contributed by atoms with van der Waals surface area (Å²) in [5.74, 6) is 1.11. The molecule has 146 valence electrons. The highest BCUT2D eigenvalue weighted by atomic mass is 16.5. The number of carbonyl (C=O) groups is 1. The summed E-state index contributed by atoms with van der Waals surface area (Å²) in [4.78, 5) is 12.4. The molecule has 1 saturated carbocycles. The van der Waals surface area contributed by atoms with Crippen molar-refractivity contribution in [3.05, 3.63) is 53.9 Å². The quantitative estimate of drug-likeness (QED) is 0.646. The molecule has 1 aliphatic carbocycles. The van der Waals surface area contributed by atoms with Crippen molar-refractivity contribution < 1.29 is 18.8 Å². The van der Waals surface area contributed by atoms with E-state index in [4.69, 9.17) is 8.94 Å². The van der Waals surface area contributed by atoms with Crippen LogP contribution in [-0.2, 0) is 6.42 Å². The van der Waals surface area contributed by atoms with E-state index in [0.29, 0.717) is 30.3 Å². The SMILES string of the molecule is CC[C@@H](O)c1nnc(C[C@H]2C[C@H](NC(=O)c3cc(-c4ccccc4)no3)C2)o1. The van der Waals surface area contributed by atoms with Crippen molar-refractivity contribution in [2.75, 3.05) is 0 Å². The average molecular weight is 382 g/mol. The summed E-state index contributed by atoms with van der Waals surface area (Å²) in [6.45, 7) is 1.85. The molecule has 1 atom stereocenters. The molecule has 0 unspecified atom stereocenters. The van der Waals surface area contributed by atoms with E-state index in [-0.39, 0.29) is 23.6 Å². The van der Waals surface area contributed by atoms with Gasteiger partial charge in [0.2, 0.25) is 17.5 Å². The van der Waals surface area contributed by atoms with E-state index < -0.39 is 6.10 Å². The summed E-state index contributed by atoms with van der Waals surface area (Å²) in [5, 5.41) is 24.5. The lowest BCUT2D eigenvalue weighted by molar-refractivity contribution is 0.0848. The average Bonchev–Trinajstić information content (AvgIpc) is 3.36. The molecule has 0 bridgehead atoms. The Hall–Kier alpha value is -3.00. The topological polar surface area (TPSA) is 114 Å². The van der Waals surface area contributed by atoms with E-state index in [9.17, 15) is 9.90 Å². The lowest BCUT2D eigenvalue weighted by atomic mass is 9.78. The van der Waals surface area contributed by atoms with Crippen molar-refractivity contribution in [1.82, 2.24) is 20.7 Å². The molecule has 0 aliphatic heterocycles. The summed E-state index contributed by atoms with van der Waals surface area (Å²) in [6, 6.07) is 11.3. The number of nitrogens with zero attached hydrogens (tertiary/aromatic N) is 3. The number of nitrogens with one attached hydrogen (secondary N) is 1. The molecule has 1 aliphatic rings. The summed E-state index contributed by atoms with van der Waals surface area (Å²) < 4.78 is 10.7. The zero-order valence-corrected chi connectivity index (χ0v) is 15.5. The molecule has 28 heavy (non-hydrogen) atoms. The molecule has 2 aromatic heterocycles. The van der Waals surface area contributed by atoms with Crippen molar-refractivity contribution in [3.63, 3.8) is 0 Å². The largest absolute Gasteiger partial charge is 0.422 e. The maximum Gasteiger partial charge on any atom is 0.290 e. The maximum absolute atomic E-state index is 12.4. The van der Waals surface area contributed by atoms with Crippen LogP contribution in [0.2, 0.25) is 0 Å². The Balaban J connectivity index is 1.26. The fourth-order valence-electron chi connectivity index (χ4n) is 3.31. The van der Waals surface area contributed by atoms with Crippen molar-refractivity contribution >= 4 is 5.91 Å². The Morgan fingerprint density at radius 1 is 1.29 bits per heavy atom. The fraction of sp³-hybridized carbons (Fsp3) is 0.400. The number of amides is 1. The Morgan fingerprint density at radius 3 is 2.82 bits per heavy atom. The number of carbonyl (C=O) groups excluding carboxylic acids is 1. The molecule has 2 heterocycles. The molecular formula is C20H22N4O4. The van der Waals surface area contributed by atoms with Crippen molar-refractivity contribution in [2.24, 2.45) is 5.92 Å². The van der Waals surface area contributed by atoms with Gasteiger partial charge in [-0.3, -0.25) is 4.79 Å². The first-order valence-electron chi connectivity index (χ1n) is 9.45. The molecule has 8 heteroatoms. The molecule has 8 nitrogen and oxygen atoms in total. The highest BCUT2D eigenvalue weighted by Crippen LogP contribution is 2.31. The van der Waals surface area contributed by atoms with Gasteiger partial charge in [-0.25, -0.2) is 0 Å². The highest BCUT2D eigenvalue weighted by molar-refractivity contribution is 5.92. The third kappa shape index (κ3) is 3.96. The highest BCUT2D eigenvalue weighted by Gasteiger charge is 2.32. The third-order valence-corrected chi connectivity index (χ3v) is 4.99. The van der Waals surface area contributed by atoms with E-state index in [1.807, 2.05) is 37.3 Å². The Kier molecular flexibility index (Phi) is 5.21. The lowest BCUT2D eigenvalue weighted by Crippen LogP contribution is -2.44. The number of rotatable bonds is 7. The van der Waals surface area contributed by atoms with Crippen LogP contribution in [0.15, 0.2) is 45.3 Å². The van der Waals surface area contributed by atoms with Gasteiger partial charge in [0.1, 0.15) is 11.8 Å². The fourth-order valence-corrected chi connectivity index (χ4v) is 3.31. The molecule has 0 spiro atoms. The van der Waals surface area contributed by atoms with Crippen LogP contribution in [0.25, 0.3) is 11.3 Å². The standard InChI is InChI=1S/C20H22N4O4/c1-2-16(25)20-23-22-18(27-20)10-12-8-14(9-12)21-19(26)17-11-15(24-28-17)13-6-4-3-5-7-13/h3-7,11-12,14,16,25H,2,8-10H2,1H3,(H,21,26)/t12-,14-,16-/m1/s1. The van der Waals surface area contributed by atoms with Crippen LogP contribution in [0.5, 0.6) is 0 Å². The Labute approximate surface area is 161 Å². The minimum absolute atomic E-state index is 0.0893. The van der Waals surface area contributed by atoms with Crippen molar-refractivity contribution in [1.29, 1.82) is 0 Å². The van der Waals surface area contributed by atoms with Gasteiger partial charge >= 0.3 is 0 Å². The second-order valence-corrected chi connectivity index (χ2v) is 7.11. The minimum atomic E-state index is -0.711. The second kappa shape index (κ2) is 7.93. The van der Waals surface area contributed by atoms with Gasteiger partial charge in [0.15, 0.2) is 0 Å². The first-order chi connectivity index (χ1) is 13.6. The van der Waals surface area contributed by atoms with Gasteiger partial charge in [0.25, 0.3) is 5.91 Å². The third-order valence-electron chi connectivity index (χ3n) is 4.99. The number of aliphatic hydroxyl groups excluding tert-OH is 1. The number of aromatic nitrogens is 3. The molecule has 1 fully saturated rings. The molecule has 4 rings (SSSR count). The van der Waals surface area contributed by atoms with Gasteiger partial charge in [-0.05, 0) is 25.2 Å². The van der Waals surface area contributed by atoms with Gasteiger partial charge in [0.05, 0.1) is 0 Å². The van der Waals surface area contributed by atoms with Gasteiger partial charge < -0.3 is 19.4 Å². The molecular weight excluding hydrogens is 360 g/mol. The monoisotopic (exact) mass is 382 g/mol. The van der Waals surface area contributed by atoms with E-state index in [1.54, 1.807) is 6.07 Å². The predicted octanol–water partition coefficient (Wildman–Crippen LogP) is 2.92. The minimum Gasteiger partial charge on any atom is -0.422 e. The van der Waals surface area contributed by atoms with E-state index >= 15 is 0 Å². The first kappa shape index (κ1) is 18.4. The summed E-state index contributed by atoms with van der Waals surface area (Å²) in [7, 11) is 0. The number of hydrogen-bond acceptors (Lipinski definition) is 7. The van der Waals surface area contributed by atoms with E-state index in [2.05, 4.69) is 20.7 Å². The summed E-state index contributed by atoms with van der Waals surface area (Å²) in [6.07, 6.45) is 2.14. The zero-order valence-electron chi connectivity index (χ0n) is 15.5. The van der Waals surface area contributed by atoms with Crippen LogP contribution >= 0.6 is 0 Å². The normalized spacial score (nSPS) is 19.8. The van der Waals surface area contributed by atoms with E-state index in [1.165, 1.54) is 0 Å². The smallest absolute Gasteiger partial charge is 0.290 e. The van der Waals surface area contributed by atoms with Crippen LogP contribution < -0.4 is 5.32 Å². The van der Waals surface area contributed by atoms with Crippen LogP contribution in [0.1, 0.15) is 54.6 Å². The van der Waals surface area contributed by atoms with Crippen molar-refractivity contribution in [3.8, 4) is 11.3 Å². The lowest BCUT2D eigenvalue weighted by Gasteiger charge is -2.34. The van der Waals surface area contributed by atoms with E-state index in [0.717, 1.165) is 18.4 Å². The molecule has 0 radical (unpaired) electrons. The molecule has 2 N–H and O–H groups in total. The van der Waals surface area contributed by atoms with Gasteiger partial charge in [-0.1, -0.05) is 42.4 Å². The van der Waals surface area contributed by atoms with Crippen LogP contribution in [0, 0.1) is 5.92 Å². The molecule has 1 aromatic carbocycles. The number of benzene rings is 1. The maximum atomic E-state index is 12.4. The summed E-state index contributed by atoms with van der Waals surface area (Å²) >= 11 is 0. The number of hydrogen-bond donors (Lipinski definition) is 2. The number of aliphatic hydroxyl groups is 1. The predicted molar refractivity (Wildman–Crippen MR) is 99.2 cm³/mol. The molecule has 3 aromatic rings. The van der Waals surface area contributed by atoms with Gasteiger partial charge in [-0.2, -0.15) is 0 Å². The second-order valence-electron chi connectivity index (χ2n) is 7.11. The first-order valence-corrected chi connectivity index (χ1v) is 9.45. The van der Waals surface area contributed by atoms with Crippen LogP contribution in [-0.4, -0.2) is 32.4 Å². The molecule has 1 amide bonds. The van der Waals surface area contributed by atoms with Gasteiger partial charge in [0, 0.05) is 24.1 Å². The van der Waals surface area contributed by atoms with Crippen LogP contribution in [0.4, 0.5) is 0 Å². The van der Waals surface area contributed by atoms with Crippen LogP contribution in [0.3, 0.4) is 0 Å². The van der Waals surface area contributed by atoms with Gasteiger partial charge in [-0.15, -0.1) is 10.2 Å². The Morgan fingerprint density at radius 2 is 2.07 bits per heavy atom. The van der Waals surface area contributed by atoms with Crippen molar-refractivity contribution in [2.45, 2.75) is 44.8 Å². The zero-order chi connectivity index (χ0) is 19.5.